The summed E-state index contributed by atoms with van der Waals surface area (Å²) in [5.74, 6) is 1.91. The van der Waals surface area contributed by atoms with Gasteiger partial charge in [0.2, 0.25) is 5.78 Å². The molecule has 1 aromatic carbocycles. The Morgan fingerprint density at radius 2 is 2.08 bits per heavy atom. The zero-order chi connectivity index (χ0) is 9.68. The molecule has 0 aliphatic carbocycles. The molecule has 0 radical (unpaired) electrons. The fraction of sp³-hybridized carbons (Fsp3) is 0.250. The van der Waals surface area contributed by atoms with E-state index in [1.807, 2.05) is 37.3 Å². The minimum absolute atomic E-state index is 0.131. The Balaban J connectivity index is 2.93. The SMILES string of the molecule is C#CC(=O)C(CC)c1ccccc1. The summed E-state index contributed by atoms with van der Waals surface area (Å²) in [6.07, 6.45) is 5.84. The zero-order valence-electron chi connectivity index (χ0n) is 7.66. The second-order valence-electron chi connectivity index (χ2n) is 2.88. The van der Waals surface area contributed by atoms with Gasteiger partial charge in [-0.1, -0.05) is 37.3 Å². The minimum atomic E-state index is -0.133. The molecule has 0 saturated carbocycles. The fourth-order valence-electron chi connectivity index (χ4n) is 1.36. The van der Waals surface area contributed by atoms with Crippen molar-refractivity contribution in [2.75, 3.05) is 0 Å². The Morgan fingerprint density at radius 3 is 2.54 bits per heavy atom. The zero-order valence-corrected chi connectivity index (χ0v) is 7.66. The molecule has 1 atom stereocenters. The van der Waals surface area contributed by atoms with Crippen molar-refractivity contribution < 1.29 is 4.79 Å². The summed E-state index contributed by atoms with van der Waals surface area (Å²) in [6.45, 7) is 1.97. The van der Waals surface area contributed by atoms with Crippen molar-refractivity contribution in [3.63, 3.8) is 0 Å². The predicted octanol–water partition coefficient (Wildman–Crippen LogP) is 2.38. The van der Waals surface area contributed by atoms with E-state index >= 15 is 0 Å². The van der Waals surface area contributed by atoms with Crippen LogP contribution in [0, 0.1) is 12.3 Å². The molecule has 1 nitrogen and oxygen atoms in total. The number of rotatable bonds is 3. The molecule has 0 N–H and O–H groups in total. The first kappa shape index (κ1) is 9.54. The molecule has 1 heteroatoms. The first-order valence-electron chi connectivity index (χ1n) is 4.35. The van der Waals surface area contributed by atoms with Gasteiger partial charge in [0.1, 0.15) is 0 Å². The van der Waals surface area contributed by atoms with Gasteiger partial charge in [0.25, 0.3) is 0 Å². The van der Waals surface area contributed by atoms with E-state index in [0.717, 1.165) is 12.0 Å². The van der Waals surface area contributed by atoms with Gasteiger partial charge < -0.3 is 0 Å². The molecule has 0 aliphatic heterocycles. The molecule has 0 amide bonds. The standard InChI is InChI=1S/C12H12O/c1-3-11(12(13)4-2)10-8-6-5-7-9-10/h2,5-9,11H,3H2,1H3. The average molecular weight is 172 g/mol. The van der Waals surface area contributed by atoms with Crippen LogP contribution >= 0.6 is 0 Å². The molecule has 0 aliphatic rings. The lowest BCUT2D eigenvalue weighted by Crippen LogP contribution is -2.08. The van der Waals surface area contributed by atoms with Gasteiger partial charge in [-0.05, 0) is 17.9 Å². The van der Waals surface area contributed by atoms with E-state index in [0.29, 0.717) is 0 Å². The van der Waals surface area contributed by atoms with Crippen LogP contribution in [0.15, 0.2) is 30.3 Å². The van der Waals surface area contributed by atoms with Crippen LogP contribution in [-0.2, 0) is 4.79 Å². The summed E-state index contributed by atoms with van der Waals surface area (Å²) in [4.78, 5) is 11.3. The van der Waals surface area contributed by atoms with Crippen LogP contribution in [0.1, 0.15) is 24.8 Å². The van der Waals surface area contributed by atoms with E-state index in [9.17, 15) is 4.79 Å². The maximum Gasteiger partial charge on any atom is 0.212 e. The molecule has 13 heavy (non-hydrogen) atoms. The Morgan fingerprint density at radius 1 is 1.46 bits per heavy atom. The molecule has 0 saturated heterocycles. The Labute approximate surface area is 78.8 Å². The van der Waals surface area contributed by atoms with Crippen LogP contribution in [0.25, 0.3) is 0 Å². The molecular formula is C12H12O. The summed E-state index contributed by atoms with van der Waals surface area (Å²) >= 11 is 0. The van der Waals surface area contributed by atoms with E-state index in [-0.39, 0.29) is 11.7 Å². The quantitative estimate of drug-likeness (QED) is 0.505. The first-order valence-corrected chi connectivity index (χ1v) is 4.35. The fourth-order valence-corrected chi connectivity index (χ4v) is 1.36. The summed E-state index contributed by atoms with van der Waals surface area (Å²) < 4.78 is 0. The molecule has 0 aromatic heterocycles. The number of benzene rings is 1. The monoisotopic (exact) mass is 172 g/mol. The molecule has 1 unspecified atom stereocenters. The molecule has 0 fully saturated rings. The predicted molar refractivity (Wildman–Crippen MR) is 53.3 cm³/mol. The van der Waals surface area contributed by atoms with Crippen molar-refractivity contribution in [1.82, 2.24) is 0 Å². The molecule has 0 spiro atoms. The lowest BCUT2D eigenvalue weighted by molar-refractivity contribution is -0.115. The van der Waals surface area contributed by atoms with Crippen molar-refractivity contribution in [2.24, 2.45) is 0 Å². The van der Waals surface area contributed by atoms with Gasteiger partial charge >= 0.3 is 0 Å². The Hall–Kier alpha value is -1.55. The summed E-state index contributed by atoms with van der Waals surface area (Å²) in [7, 11) is 0. The van der Waals surface area contributed by atoms with Gasteiger partial charge in [-0.3, -0.25) is 4.79 Å². The number of hydrogen-bond acceptors (Lipinski definition) is 1. The van der Waals surface area contributed by atoms with E-state index in [1.165, 1.54) is 0 Å². The number of hydrogen-bond donors (Lipinski definition) is 0. The number of carbonyl (C=O) groups is 1. The largest absolute Gasteiger partial charge is 0.284 e. The summed E-state index contributed by atoms with van der Waals surface area (Å²) in [5.41, 5.74) is 1.01. The van der Waals surface area contributed by atoms with Crippen LogP contribution in [0.3, 0.4) is 0 Å². The number of terminal acetylenes is 1. The highest BCUT2D eigenvalue weighted by atomic mass is 16.1. The molecule has 1 rings (SSSR count). The van der Waals surface area contributed by atoms with Crippen LogP contribution in [0.2, 0.25) is 0 Å². The van der Waals surface area contributed by atoms with Gasteiger partial charge in [-0.2, -0.15) is 0 Å². The van der Waals surface area contributed by atoms with Crippen molar-refractivity contribution in [2.45, 2.75) is 19.3 Å². The maximum atomic E-state index is 11.3. The molecule has 66 valence electrons. The number of ketones is 1. The van der Waals surface area contributed by atoms with Crippen LogP contribution in [0.4, 0.5) is 0 Å². The average Bonchev–Trinajstić information content (AvgIpc) is 2.20. The Bertz CT molecular complexity index is 319. The topological polar surface area (TPSA) is 17.1 Å². The third-order valence-electron chi connectivity index (χ3n) is 2.07. The molecule has 0 heterocycles. The third kappa shape index (κ3) is 2.19. The molecule has 0 bridgehead atoms. The highest BCUT2D eigenvalue weighted by Crippen LogP contribution is 2.19. The maximum absolute atomic E-state index is 11.3. The van der Waals surface area contributed by atoms with Gasteiger partial charge in [-0.15, -0.1) is 6.42 Å². The van der Waals surface area contributed by atoms with E-state index in [4.69, 9.17) is 6.42 Å². The van der Waals surface area contributed by atoms with Gasteiger partial charge in [0.05, 0.1) is 5.92 Å². The normalized spacial score (nSPS) is 11.7. The van der Waals surface area contributed by atoms with Crippen LogP contribution in [0.5, 0.6) is 0 Å². The molecular weight excluding hydrogens is 160 g/mol. The van der Waals surface area contributed by atoms with Crippen LogP contribution < -0.4 is 0 Å². The van der Waals surface area contributed by atoms with Crippen molar-refractivity contribution in [3.8, 4) is 12.3 Å². The first-order chi connectivity index (χ1) is 6.29. The summed E-state index contributed by atoms with van der Waals surface area (Å²) in [6, 6.07) is 9.63. The lowest BCUT2D eigenvalue weighted by Gasteiger charge is -2.09. The van der Waals surface area contributed by atoms with Crippen molar-refractivity contribution >= 4 is 5.78 Å². The van der Waals surface area contributed by atoms with Crippen LogP contribution in [-0.4, -0.2) is 5.78 Å². The highest BCUT2D eigenvalue weighted by Gasteiger charge is 2.15. The van der Waals surface area contributed by atoms with Gasteiger partial charge in [0, 0.05) is 0 Å². The van der Waals surface area contributed by atoms with Crippen molar-refractivity contribution in [3.05, 3.63) is 35.9 Å². The second-order valence-corrected chi connectivity index (χ2v) is 2.88. The van der Waals surface area contributed by atoms with Crippen molar-refractivity contribution in [1.29, 1.82) is 0 Å². The van der Waals surface area contributed by atoms with Gasteiger partial charge in [0.15, 0.2) is 0 Å². The van der Waals surface area contributed by atoms with E-state index < -0.39 is 0 Å². The van der Waals surface area contributed by atoms with E-state index in [2.05, 4.69) is 5.92 Å². The summed E-state index contributed by atoms with van der Waals surface area (Å²) in [5, 5.41) is 0. The second kappa shape index (κ2) is 4.47. The smallest absolute Gasteiger partial charge is 0.212 e. The van der Waals surface area contributed by atoms with E-state index in [1.54, 1.807) is 0 Å². The Kier molecular flexibility index (Phi) is 3.28. The number of Topliss-reactive ketones (excluding diaryl/α,β-unsaturated/α-hetero) is 1. The highest BCUT2D eigenvalue weighted by molar-refractivity contribution is 5.99. The number of carbonyl (C=O) groups excluding carboxylic acids is 1. The lowest BCUT2D eigenvalue weighted by atomic mass is 9.93. The third-order valence-corrected chi connectivity index (χ3v) is 2.07. The minimum Gasteiger partial charge on any atom is -0.284 e. The van der Waals surface area contributed by atoms with Gasteiger partial charge in [-0.25, -0.2) is 0 Å². The molecule has 1 aromatic rings.